The number of hydrogen-bond donors (Lipinski definition) is 4. The normalized spacial score (nSPS) is 14.4. The number of aliphatic carboxylic acids is 2. The summed E-state index contributed by atoms with van der Waals surface area (Å²) in [5.74, 6) is -4.27. The predicted molar refractivity (Wildman–Crippen MR) is 64.1 cm³/mol. The van der Waals surface area contributed by atoms with E-state index in [0.29, 0.717) is 0 Å². The van der Waals surface area contributed by atoms with Crippen molar-refractivity contribution < 1.29 is 33.0 Å². The summed E-state index contributed by atoms with van der Waals surface area (Å²) in [7, 11) is -3.57. The van der Waals surface area contributed by atoms with Crippen molar-refractivity contribution in [1.82, 2.24) is 5.32 Å². The topological polar surface area (TPSA) is 164 Å². The van der Waals surface area contributed by atoms with Gasteiger partial charge in [0.25, 0.3) is 0 Å². The van der Waals surface area contributed by atoms with Gasteiger partial charge in [-0.1, -0.05) is 0 Å². The molecule has 0 fully saturated rings. The maximum atomic E-state index is 11.4. The summed E-state index contributed by atoms with van der Waals surface area (Å²) < 4.78 is 21.9. The zero-order valence-corrected chi connectivity index (χ0v) is 11.0. The molecular formula is C9H16N2O7S. The van der Waals surface area contributed by atoms with Gasteiger partial charge >= 0.3 is 11.9 Å². The third-order valence-corrected chi connectivity index (χ3v) is 3.04. The summed E-state index contributed by atoms with van der Waals surface area (Å²) >= 11 is 0. The van der Waals surface area contributed by atoms with Crippen LogP contribution in [0.1, 0.15) is 12.8 Å². The molecule has 0 radical (unpaired) electrons. The largest absolute Gasteiger partial charge is 0.480 e. The van der Waals surface area contributed by atoms with Crippen LogP contribution in [-0.4, -0.2) is 60.6 Å². The lowest BCUT2D eigenvalue weighted by molar-refractivity contribution is -0.141. The van der Waals surface area contributed by atoms with Gasteiger partial charge in [-0.3, -0.25) is 9.59 Å². The molecule has 10 heteroatoms. The second-order valence-electron chi connectivity index (χ2n) is 4.03. The van der Waals surface area contributed by atoms with Crippen LogP contribution in [0.5, 0.6) is 0 Å². The highest BCUT2D eigenvalue weighted by atomic mass is 32.2. The third-order valence-electron chi connectivity index (χ3n) is 2.10. The van der Waals surface area contributed by atoms with Crippen LogP contribution in [0.4, 0.5) is 0 Å². The first-order chi connectivity index (χ1) is 8.53. The molecule has 0 aromatic rings. The van der Waals surface area contributed by atoms with Crippen LogP contribution >= 0.6 is 0 Å². The molecule has 0 aliphatic carbocycles. The Labute approximate surface area is 109 Å². The zero-order chi connectivity index (χ0) is 15.2. The van der Waals surface area contributed by atoms with Crippen molar-refractivity contribution in [2.24, 2.45) is 5.73 Å². The molecule has 0 aromatic carbocycles. The van der Waals surface area contributed by atoms with Crippen LogP contribution in [-0.2, 0) is 24.2 Å². The second kappa shape index (κ2) is 7.04. The molecule has 0 bridgehead atoms. The molecule has 0 heterocycles. The Bertz CT molecular complexity index is 459. The molecule has 0 saturated carbocycles. The molecule has 0 aliphatic rings. The van der Waals surface area contributed by atoms with Gasteiger partial charge in [0.05, 0.1) is 5.75 Å². The molecule has 0 aliphatic heterocycles. The van der Waals surface area contributed by atoms with E-state index in [4.69, 9.17) is 15.9 Å². The number of sulfone groups is 1. The lowest BCUT2D eigenvalue weighted by Crippen LogP contribution is -2.45. The molecule has 1 unspecified atom stereocenters. The molecule has 9 nitrogen and oxygen atoms in total. The van der Waals surface area contributed by atoms with E-state index in [2.05, 4.69) is 0 Å². The molecule has 5 N–H and O–H groups in total. The summed E-state index contributed by atoms with van der Waals surface area (Å²) in [4.78, 5) is 32.5. The maximum Gasteiger partial charge on any atom is 0.327 e. The van der Waals surface area contributed by atoms with Gasteiger partial charge in [-0.25, -0.2) is 13.2 Å². The monoisotopic (exact) mass is 296 g/mol. The minimum atomic E-state index is -3.57. The predicted octanol–water partition coefficient (Wildman–Crippen LogP) is -2.21. The molecule has 19 heavy (non-hydrogen) atoms. The Kier molecular flexibility index (Phi) is 6.42. The highest BCUT2D eigenvalue weighted by Crippen LogP contribution is 1.98. The number of nitrogens with two attached hydrogens (primary N) is 1. The fraction of sp³-hybridized carbons (Fsp3) is 0.667. The van der Waals surface area contributed by atoms with E-state index in [-0.39, 0.29) is 12.8 Å². The van der Waals surface area contributed by atoms with Crippen LogP contribution in [0, 0.1) is 0 Å². The standard InChI is InChI=1S/C9H16N2O7S/c1-19(17,18)4-6(9(15)16)11-7(12)3-2-5(10)8(13)14/h5-6H,2-4,10H2,1H3,(H,11,12)(H,13,14)(H,15,16)/t5?,6-/m0/s1. The van der Waals surface area contributed by atoms with E-state index in [1.54, 1.807) is 0 Å². The van der Waals surface area contributed by atoms with E-state index in [1.165, 1.54) is 0 Å². The van der Waals surface area contributed by atoms with Gasteiger partial charge in [0, 0.05) is 12.7 Å². The second-order valence-corrected chi connectivity index (χ2v) is 6.22. The lowest BCUT2D eigenvalue weighted by atomic mass is 10.1. The SMILES string of the molecule is CS(=O)(=O)C[C@H](NC(=O)CCC(N)C(=O)O)C(=O)O. The van der Waals surface area contributed by atoms with E-state index < -0.39 is 45.5 Å². The fourth-order valence-corrected chi connectivity index (χ4v) is 1.99. The number of hydrogen-bond acceptors (Lipinski definition) is 6. The summed E-state index contributed by atoms with van der Waals surface area (Å²) in [5.41, 5.74) is 5.17. The molecule has 0 spiro atoms. The minimum Gasteiger partial charge on any atom is -0.480 e. The highest BCUT2D eigenvalue weighted by Gasteiger charge is 2.24. The van der Waals surface area contributed by atoms with Crippen molar-refractivity contribution in [1.29, 1.82) is 0 Å². The zero-order valence-electron chi connectivity index (χ0n) is 10.2. The van der Waals surface area contributed by atoms with Crippen molar-refractivity contribution in [2.45, 2.75) is 24.9 Å². The third kappa shape index (κ3) is 8.11. The molecular weight excluding hydrogens is 280 g/mol. The average Bonchev–Trinajstić information content (AvgIpc) is 2.22. The first-order valence-electron chi connectivity index (χ1n) is 5.21. The molecule has 2 atom stereocenters. The summed E-state index contributed by atoms with van der Waals surface area (Å²) in [6.45, 7) is 0. The van der Waals surface area contributed by atoms with Gasteiger partial charge in [-0.15, -0.1) is 0 Å². The Hall–Kier alpha value is -1.68. The van der Waals surface area contributed by atoms with Crippen molar-refractivity contribution in [3.05, 3.63) is 0 Å². The van der Waals surface area contributed by atoms with Crippen LogP contribution in [0.15, 0.2) is 0 Å². The Morgan fingerprint density at radius 3 is 2.11 bits per heavy atom. The summed E-state index contributed by atoms with van der Waals surface area (Å²) in [6, 6.07) is -2.80. The molecule has 1 amide bonds. The van der Waals surface area contributed by atoms with Crippen LogP contribution in [0.25, 0.3) is 0 Å². The Morgan fingerprint density at radius 2 is 1.74 bits per heavy atom. The van der Waals surface area contributed by atoms with Gasteiger partial charge in [-0.05, 0) is 6.42 Å². The number of carboxylic acid groups (broad SMARTS) is 2. The molecule has 0 saturated heterocycles. The van der Waals surface area contributed by atoms with Crippen LogP contribution < -0.4 is 11.1 Å². The lowest BCUT2D eigenvalue weighted by Gasteiger charge is -2.14. The first kappa shape index (κ1) is 17.3. The van der Waals surface area contributed by atoms with Crippen molar-refractivity contribution in [3.63, 3.8) is 0 Å². The summed E-state index contributed by atoms with van der Waals surface area (Å²) in [6.07, 6.45) is 0.364. The number of nitrogens with one attached hydrogen (secondary N) is 1. The van der Waals surface area contributed by atoms with E-state index >= 15 is 0 Å². The Morgan fingerprint density at radius 1 is 1.21 bits per heavy atom. The maximum absolute atomic E-state index is 11.4. The van der Waals surface area contributed by atoms with Crippen LogP contribution in [0.2, 0.25) is 0 Å². The molecule has 0 aromatic heterocycles. The van der Waals surface area contributed by atoms with Gasteiger partial charge in [-0.2, -0.15) is 0 Å². The number of amides is 1. The number of rotatable bonds is 8. The van der Waals surface area contributed by atoms with E-state index in [1.807, 2.05) is 5.32 Å². The first-order valence-corrected chi connectivity index (χ1v) is 7.27. The highest BCUT2D eigenvalue weighted by molar-refractivity contribution is 7.90. The van der Waals surface area contributed by atoms with Gasteiger partial charge < -0.3 is 21.3 Å². The van der Waals surface area contributed by atoms with Gasteiger partial charge in [0.1, 0.15) is 21.9 Å². The minimum absolute atomic E-state index is 0.174. The quantitative estimate of drug-likeness (QED) is 0.391. The number of carbonyl (C=O) groups excluding carboxylic acids is 1. The van der Waals surface area contributed by atoms with E-state index in [0.717, 1.165) is 6.26 Å². The van der Waals surface area contributed by atoms with Crippen LogP contribution in [0.3, 0.4) is 0 Å². The fourth-order valence-electron chi connectivity index (χ4n) is 1.15. The van der Waals surface area contributed by atoms with Crippen molar-refractivity contribution >= 4 is 27.7 Å². The average molecular weight is 296 g/mol. The van der Waals surface area contributed by atoms with Gasteiger partial charge in [0.2, 0.25) is 5.91 Å². The molecule has 0 rings (SSSR count). The number of carboxylic acids is 2. The number of carbonyl (C=O) groups is 3. The summed E-state index contributed by atoms with van der Waals surface area (Å²) in [5, 5.41) is 19.2. The van der Waals surface area contributed by atoms with E-state index in [9.17, 15) is 22.8 Å². The Balaban J connectivity index is 4.41. The van der Waals surface area contributed by atoms with Crippen molar-refractivity contribution in [2.75, 3.05) is 12.0 Å². The molecule has 110 valence electrons. The smallest absolute Gasteiger partial charge is 0.327 e. The van der Waals surface area contributed by atoms with Gasteiger partial charge in [0.15, 0.2) is 0 Å². The van der Waals surface area contributed by atoms with Crippen molar-refractivity contribution in [3.8, 4) is 0 Å².